The molecule has 2 aliphatic heterocycles. The largest absolute Gasteiger partial charge is 0.478 e. The van der Waals surface area contributed by atoms with Gasteiger partial charge in [-0.2, -0.15) is 0 Å². The van der Waals surface area contributed by atoms with Crippen molar-refractivity contribution >= 4 is 5.97 Å². The molecule has 2 unspecified atom stereocenters. The van der Waals surface area contributed by atoms with E-state index < -0.39 is 5.97 Å². The van der Waals surface area contributed by atoms with Crippen LogP contribution in [0.1, 0.15) is 25.7 Å². The first-order valence-electron chi connectivity index (χ1n) is 4.32. The number of hydrogen-bond acceptors (Lipinski definition) is 2. The zero-order valence-electron chi connectivity index (χ0n) is 6.82. The first-order chi connectivity index (χ1) is 5.74. The summed E-state index contributed by atoms with van der Waals surface area (Å²) in [5.74, 6) is -0.828. The fourth-order valence-corrected chi connectivity index (χ4v) is 2.04. The van der Waals surface area contributed by atoms with Crippen LogP contribution in [0.4, 0.5) is 0 Å². The molecular formula is C9H12O3. The second-order valence-electron chi connectivity index (χ2n) is 3.51. The summed E-state index contributed by atoms with van der Waals surface area (Å²) in [5, 5.41) is 8.54. The Bertz CT molecular complexity index is 218. The SMILES string of the molecule is O=C(O)C=C1CC2CCC(C1)O2. The van der Waals surface area contributed by atoms with Gasteiger partial charge in [0.15, 0.2) is 0 Å². The third-order valence-electron chi connectivity index (χ3n) is 2.50. The maximum atomic E-state index is 10.4. The number of rotatable bonds is 1. The quantitative estimate of drug-likeness (QED) is 0.601. The number of carbonyl (C=O) groups is 1. The Balaban J connectivity index is 2.07. The van der Waals surface area contributed by atoms with E-state index in [2.05, 4.69) is 0 Å². The fraction of sp³-hybridized carbons (Fsp3) is 0.667. The third kappa shape index (κ3) is 1.50. The van der Waals surface area contributed by atoms with E-state index in [9.17, 15) is 4.79 Å². The summed E-state index contributed by atoms with van der Waals surface area (Å²) < 4.78 is 5.58. The van der Waals surface area contributed by atoms with Gasteiger partial charge < -0.3 is 9.84 Å². The third-order valence-corrected chi connectivity index (χ3v) is 2.50. The predicted molar refractivity (Wildman–Crippen MR) is 42.8 cm³/mol. The van der Waals surface area contributed by atoms with E-state index in [1.54, 1.807) is 0 Å². The van der Waals surface area contributed by atoms with Crippen molar-refractivity contribution in [2.45, 2.75) is 37.9 Å². The van der Waals surface area contributed by atoms with Crippen molar-refractivity contribution in [1.29, 1.82) is 0 Å². The predicted octanol–water partition coefficient (Wildman–Crippen LogP) is 1.34. The molecule has 0 aromatic heterocycles. The lowest BCUT2D eigenvalue weighted by Crippen LogP contribution is -2.19. The van der Waals surface area contributed by atoms with Gasteiger partial charge in [0, 0.05) is 6.08 Å². The molecule has 2 saturated heterocycles. The highest BCUT2D eigenvalue weighted by Crippen LogP contribution is 2.35. The lowest BCUT2D eigenvalue weighted by molar-refractivity contribution is -0.131. The van der Waals surface area contributed by atoms with Crippen molar-refractivity contribution in [3.05, 3.63) is 11.6 Å². The molecule has 1 N–H and O–H groups in total. The van der Waals surface area contributed by atoms with Crippen LogP contribution in [0.5, 0.6) is 0 Å². The normalized spacial score (nSPS) is 33.5. The van der Waals surface area contributed by atoms with Crippen molar-refractivity contribution < 1.29 is 14.6 Å². The van der Waals surface area contributed by atoms with Crippen LogP contribution in [0.15, 0.2) is 11.6 Å². The van der Waals surface area contributed by atoms with Gasteiger partial charge in [0.2, 0.25) is 0 Å². The van der Waals surface area contributed by atoms with Crippen molar-refractivity contribution in [2.75, 3.05) is 0 Å². The zero-order valence-corrected chi connectivity index (χ0v) is 6.82. The maximum absolute atomic E-state index is 10.4. The highest BCUT2D eigenvalue weighted by Gasteiger charge is 2.31. The van der Waals surface area contributed by atoms with Crippen LogP contribution in [0.25, 0.3) is 0 Å². The Morgan fingerprint density at radius 1 is 1.42 bits per heavy atom. The van der Waals surface area contributed by atoms with Crippen LogP contribution >= 0.6 is 0 Å². The van der Waals surface area contributed by atoms with E-state index >= 15 is 0 Å². The van der Waals surface area contributed by atoms with Gasteiger partial charge in [0.25, 0.3) is 0 Å². The number of ether oxygens (including phenoxy) is 1. The number of aliphatic carboxylic acids is 1. The molecule has 0 aromatic carbocycles. The Labute approximate surface area is 71.0 Å². The molecule has 12 heavy (non-hydrogen) atoms. The van der Waals surface area contributed by atoms with Gasteiger partial charge in [-0.3, -0.25) is 0 Å². The minimum atomic E-state index is -0.828. The highest BCUT2D eigenvalue weighted by atomic mass is 16.5. The number of carboxylic acids is 1. The molecule has 2 bridgehead atoms. The molecule has 2 fully saturated rings. The van der Waals surface area contributed by atoms with Crippen LogP contribution in [0, 0.1) is 0 Å². The van der Waals surface area contributed by atoms with Crippen LogP contribution in [0.3, 0.4) is 0 Å². The van der Waals surface area contributed by atoms with Gasteiger partial charge in [-0.25, -0.2) is 4.79 Å². The summed E-state index contributed by atoms with van der Waals surface area (Å²) in [7, 11) is 0. The molecule has 2 rings (SSSR count). The van der Waals surface area contributed by atoms with Crippen molar-refractivity contribution in [3.63, 3.8) is 0 Å². The fourth-order valence-electron chi connectivity index (χ4n) is 2.04. The Kier molecular flexibility index (Phi) is 1.89. The minimum absolute atomic E-state index is 0.300. The second kappa shape index (κ2) is 2.90. The van der Waals surface area contributed by atoms with Crippen LogP contribution in [-0.4, -0.2) is 23.3 Å². The van der Waals surface area contributed by atoms with Crippen LogP contribution in [-0.2, 0) is 9.53 Å². The maximum Gasteiger partial charge on any atom is 0.328 e. The minimum Gasteiger partial charge on any atom is -0.478 e. The smallest absolute Gasteiger partial charge is 0.328 e. The molecule has 0 aromatic rings. The van der Waals surface area contributed by atoms with E-state index in [4.69, 9.17) is 9.84 Å². The molecule has 3 heteroatoms. The molecule has 0 saturated carbocycles. The molecule has 2 heterocycles. The van der Waals surface area contributed by atoms with E-state index in [-0.39, 0.29) is 0 Å². The number of carboxylic acid groups (broad SMARTS) is 1. The highest BCUT2D eigenvalue weighted by molar-refractivity contribution is 5.80. The average Bonchev–Trinajstić information content (AvgIpc) is 2.29. The summed E-state index contributed by atoms with van der Waals surface area (Å²) in [6.07, 6.45) is 5.78. The molecule has 3 nitrogen and oxygen atoms in total. The van der Waals surface area contributed by atoms with Crippen molar-refractivity contribution in [2.24, 2.45) is 0 Å². The molecule has 0 radical (unpaired) electrons. The standard InChI is InChI=1S/C9H12O3/c10-9(11)5-6-3-7-1-2-8(4-6)12-7/h5,7-8H,1-4H2,(H,10,11). The van der Waals surface area contributed by atoms with E-state index in [1.165, 1.54) is 6.08 Å². The van der Waals surface area contributed by atoms with Gasteiger partial charge >= 0.3 is 5.97 Å². The van der Waals surface area contributed by atoms with E-state index in [1.807, 2.05) is 0 Å². The van der Waals surface area contributed by atoms with Gasteiger partial charge in [0.1, 0.15) is 0 Å². The number of hydrogen-bond donors (Lipinski definition) is 1. The van der Waals surface area contributed by atoms with Gasteiger partial charge in [-0.1, -0.05) is 5.57 Å². The molecule has 0 aliphatic carbocycles. The number of fused-ring (bicyclic) bond motifs is 2. The molecular weight excluding hydrogens is 156 g/mol. The molecule has 66 valence electrons. The Morgan fingerprint density at radius 3 is 2.50 bits per heavy atom. The van der Waals surface area contributed by atoms with Gasteiger partial charge in [-0.05, 0) is 25.7 Å². The molecule has 0 amide bonds. The van der Waals surface area contributed by atoms with Crippen molar-refractivity contribution in [3.8, 4) is 0 Å². The van der Waals surface area contributed by atoms with Crippen LogP contribution < -0.4 is 0 Å². The van der Waals surface area contributed by atoms with Gasteiger partial charge in [0.05, 0.1) is 12.2 Å². The van der Waals surface area contributed by atoms with Gasteiger partial charge in [-0.15, -0.1) is 0 Å². The first kappa shape index (κ1) is 7.80. The average molecular weight is 168 g/mol. The summed E-state index contributed by atoms with van der Waals surface area (Å²) in [4.78, 5) is 10.4. The lowest BCUT2D eigenvalue weighted by atomic mass is 10.0. The molecule has 2 atom stereocenters. The van der Waals surface area contributed by atoms with Crippen molar-refractivity contribution in [1.82, 2.24) is 0 Å². The summed E-state index contributed by atoms with van der Waals surface area (Å²) >= 11 is 0. The lowest BCUT2D eigenvalue weighted by Gasteiger charge is -2.22. The van der Waals surface area contributed by atoms with E-state index in [0.717, 1.165) is 31.3 Å². The van der Waals surface area contributed by atoms with E-state index in [0.29, 0.717) is 12.2 Å². The second-order valence-corrected chi connectivity index (χ2v) is 3.51. The summed E-state index contributed by atoms with van der Waals surface area (Å²) in [5.41, 5.74) is 1.04. The molecule has 0 spiro atoms. The monoisotopic (exact) mass is 168 g/mol. The zero-order chi connectivity index (χ0) is 8.55. The summed E-state index contributed by atoms with van der Waals surface area (Å²) in [6, 6.07) is 0. The first-order valence-corrected chi connectivity index (χ1v) is 4.32. The van der Waals surface area contributed by atoms with Crippen LogP contribution in [0.2, 0.25) is 0 Å². The Morgan fingerprint density at radius 2 is 2.00 bits per heavy atom. The topological polar surface area (TPSA) is 46.5 Å². The summed E-state index contributed by atoms with van der Waals surface area (Å²) in [6.45, 7) is 0. The Hall–Kier alpha value is -0.830. The molecule has 2 aliphatic rings.